The molecule has 2 aliphatic carbocycles. The summed E-state index contributed by atoms with van der Waals surface area (Å²) in [6.45, 7) is 2.28. The predicted molar refractivity (Wildman–Crippen MR) is 68.9 cm³/mol. The van der Waals surface area contributed by atoms with Crippen LogP contribution in [0, 0.1) is 11.8 Å². The third-order valence-corrected chi connectivity index (χ3v) is 4.17. The van der Waals surface area contributed by atoms with E-state index in [4.69, 9.17) is 4.98 Å². The molecule has 0 amide bonds. The molecule has 2 nitrogen and oxygen atoms in total. The molecule has 0 N–H and O–H groups in total. The highest BCUT2D eigenvalue weighted by atomic mass is 14.9. The van der Waals surface area contributed by atoms with Crippen LogP contribution in [0.25, 0.3) is 0 Å². The molecule has 3 rings (SSSR count). The van der Waals surface area contributed by atoms with E-state index >= 15 is 0 Å². The van der Waals surface area contributed by atoms with E-state index in [0.717, 1.165) is 24.1 Å². The highest BCUT2D eigenvalue weighted by molar-refractivity contribution is 5.21. The fraction of sp³-hybridized carbons (Fsp3) is 0.733. The number of aryl methyl sites for hydroxylation is 1. The summed E-state index contributed by atoms with van der Waals surface area (Å²) < 4.78 is 0. The molecule has 0 aliphatic heterocycles. The SMILES string of the molecule is CCCC1CCc2nc(CC3CC3)ncc2C1. The average Bonchev–Trinajstić information content (AvgIpc) is 3.14. The minimum atomic E-state index is 0.880. The molecular formula is C15H22N2. The zero-order chi connectivity index (χ0) is 11.7. The van der Waals surface area contributed by atoms with Crippen molar-refractivity contribution in [3.05, 3.63) is 23.3 Å². The zero-order valence-electron chi connectivity index (χ0n) is 10.8. The molecule has 0 bridgehead atoms. The van der Waals surface area contributed by atoms with Crippen LogP contribution in [0.4, 0.5) is 0 Å². The van der Waals surface area contributed by atoms with Crippen molar-refractivity contribution >= 4 is 0 Å². The first-order valence-corrected chi connectivity index (χ1v) is 7.18. The summed E-state index contributed by atoms with van der Waals surface area (Å²) in [5.74, 6) is 2.87. The molecular weight excluding hydrogens is 208 g/mol. The first kappa shape index (κ1) is 11.2. The van der Waals surface area contributed by atoms with Gasteiger partial charge in [-0.2, -0.15) is 0 Å². The lowest BCUT2D eigenvalue weighted by Gasteiger charge is -2.23. The normalized spacial score (nSPS) is 23.5. The smallest absolute Gasteiger partial charge is 0.128 e. The Kier molecular flexibility index (Phi) is 3.13. The lowest BCUT2D eigenvalue weighted by atomic mass is 9.84. The van der Waals surface area contributed by atoms with Crippen molar-refractivity contribution in [2.75, 3.05) is 0 Å². The Labute approximate surface area is 104 Å². The largest absolute Gasteiger partial charge is 0.241 e. The van der Waals surface area contributed by atoms with E-state index in [1.54, 1.807) is 0 Å². The Morgan fingerprint density at radius 1 is 1.24 bits per heavy atom. The van der Waals surface area contributed by atoms with Gasteiger partial charge in [-0.15, -0.1) is 0 Å². The molecule has 1 unspecified atom stereocenters. The van der Waals surface area contributed by atoms with Crippen LogP contribution in [0.2, 0.25) is 0 Å². The summed E-state index contributed by atoms with van der Waals surface area (Å²) >= 11 is 0. The summed E-state index contributed by atoms with van der Waals surface area (Å²) in [6, 6.07) is 0. The molecule has 1 saturated carbocycles. The van der Waals surface area contributed by atoms with Crippen LogP contribution in [0.1, 0.15) is 56.1 Å². The van der Waals surface area contributed by atoms with Crippen molar-refractivity contribution in [2.24, 2.45) is 11.8 Å². The lowest BCUT2D eigenvalue weighted by Crippen LogP contribution is -2.17. The minimum absolute atomic E-state index is 0.880. The highest BCUT2D eigenvalue weighted by Crippen LogP contribution is 2.32. The van der Waals surface area contributed by atoms with Crippen molar-refractivity contribution in [3.8, 4) is 0 Å². The topological polar surface area (TPSA) is 25.8 Å². The number of hydrogen-bond donors (Lipinski definition) is 0. The van der Waals surface area contributed by atoms with Crippen LogP contribution in [-0.4, -0.2) is 9.97 Å². The van der Waals surface area contributed by atoms with Gasteiger partial charge < -0.3 is 0 Å². The van der Waals surface area contributed by atoms with Crippen LogP contribution < -0.4 is 0 Å². The van der Waals surface area contributed by atoms with Gasteiger partial charge in [0.05, 0.1) is 0 Å². The van der Waals surface area contributed by atoms with Gasteiger partial charge >= 0.3 is 0 Å². The molecule has 0 radical (unpaired) electrons. The van der Waals surface area contributed by atoms with Crippen molar-refractivity contribution in [2.45, 2.75) is 58.3 Å². The van der Waals surface area contributed by atoms with E-state index < -0.39 is 0 Å². The molecule has 17 heavy (non-hydrogen) atoms. The summed E-state index contributed by atoms with van der Waals surface area (Å²) in [5.41, 5.74) is 2.78. The first-order chi connectivity index (χ1) is 8.35. The van der Waals surface area contributed by atoms with Crippen molar-refractivity contribution < 1.29 is 0 Å². The minimum Gasteiger partial charge on any atom is -0.241 e. The maximum atomic E-state index is 4.78. The van der Waals surface area contributed by atoms with Gasteiger partial charge in [0.25, 0.3) is 0 Å². The fourth-order valence-electron chi connectivity index (χ4n) is 2.96. The molecule has 2 aliphatic rings. The Bertz CT molecular complexity index is 396. The number of fused-ring (bicyclic) bond motifs is 1. The molecule has 1 fully saturated rings. The second-order valence-corrected chi connectivity index (χ2v) is 5.80. The second kappa shape index (κ2) is 4.75. The maximum Gasteiger partial charge on any atom is 0.128 e. The Morgan fingerprint density at radius 2 is 2.12 bits per heavy atom. The van der Waals surface area contributed by atoms with E-state index in [-0.39, 0.29) is 0 Å². The molecule has 0 saturated heterocycles. The van der Waals surface area contributed by atoms with Gasteiger partial charge in [0.2, 0.25) is 0 Å². The van der Waals surface area contributed by atoms with Crippen LogP contribution in [0.5, 0.6) is 0 Å². The van der Waals surface area contributed by atoms with Gasteiger partial charge in [0, 0.05) is 18.3 Å². The standard InChI is InChI=1S/C15H22N2/c1-2-3-11-6-7-14-13(8-11)10-16-15(17-14)9-12-4-5-12/h10-12H,2-9H2,1H3. The number of rotatable bonds is 4. The van der Waals surface area contributed by atoms with E-state index in [2.05, 4.69) is 18.1 Å². The third kappa shape index (κ3) is 2.67. The predicted octanol–water partition coefficient (Wildman–Crippen LogP) is 3.33. The maximum absolute atomic E-state index is 4.78. The third-order valence-electron chi connectivity index (χ3n) is 4.17. The first-order valence-electron chi connectivity index (χ1n) is 7.18. The Balaban J connectivity index is 1.71. The van der Waals surface area contributed by atoms with Gasteiger partial charge in [0.1, 0.15) is 5.82 Å². The highest BCUT2D eigenvalue weighted by Gasteiger charge is 2.24. The molecule has 1 aromatic heterocycles. The average molecular weight is 230 g/mol. The summed E-state index contributed by atoms with van der Waals surface area (Å²) in [6.07, 6.45) is 12.4. The number of hydrogen-bond acceptors (Lipinski definition) is 2. The second-order valence-electron chi connectivity index (χ2n) is 5.80. The number of nitrogens with zero attached hydrogens (tertiary/aromatic N) is 2. The van der Waals surface area contributed by atoms with Gasteiger partial charge in [-0.25, -0.2) is 9.97 Å². The van der Waals surface area contributed by atoms with Crippen LogP contribution >= 0.6 is 0 Å². The molecule has 0 spiro atoms. The van der Waals surface area contributed by atoms with E-state index in [1.807, 2.05) is 0 Å². The molecule has 92 valence electrons. The Hall–Kier alpha value is -0.920. The molecule has 2 heteroatoms. The molecule has 1 atom stereocenters. The van der Waals surface area contributed by atoms with Crippen LogP contribution in [0.3, 0.4) is 0 Å². The molecule has 1 heterocycles. The van der Waals surface area contributed by atoms with Crippen molar-refractivity contribution in [1.82, 2.24) is 9.97 Å². The van der Waals surface area contributed by atoms with E-state index in [0.29, 0.717) is 0 Å². The van der Waals surface area contributed by atoms with Gasteiger partial charge in [-0.1, -0.05) is 19.8 Å². The monoisotopic (exact) mass is 230 g/mol. The van der Waals surface area contributed by atoms with E-state index in [1.165, 1.54) is 56.2 Å². The van der Waals surface area contributed by atoms with Crippen LogP contribution in [-0.2, 0) is 19.3 Å². The van der Waals surface area contributed by atoms with Gasteiger partial charge in [0.15, 0.2) is 0 Å². The molecule has 0 aromatic carbocycles. The zero-order valence-corrected chi connectivity index (χ0v) is 10.8. The number of aromatic nitrogens is 2. The van der Waals surface area contributed by atoms with Crippen molar-refractivity contribution in [3.63, 3.8) is 0 Å². The lowest BCUT2D eigenvalue weighted by molar-refractivity contribution is 0.416. The fourth-order valence-corrected chi connectivity index (χ4v) is 2.96. The summed E-state index contributed by atoms with van der Waals surface area (Å²) in [7, 11) is 0. The summed E-state index contributed by atoms with van der Waals surface area (Å²) in [4.78, 5) is 9.33. The van der Waals surface area contributed by atoms with Gasteiger partial charge in [-0.3, -0.25) is 0 Å². The quantitative estimate of drug-likeness (QED) is 0.793. The Morgan fingerprint density at radius 3 is 2.88 bits per heavy atom. The summed E-state index contributed by atoms with van der Waals surface area (Å²) in [5, 5.41) is 0. The molecule has 1 aromatic rings. The van der Waals surface area contributed by atoms with Crippen LogP contribution in [0.15, 0.2) is 6.20 Å². The van der Waals surface area contributed by atoms with Crippen molar-refractivity contribution in [1.29, 1.82) is 0 Å². The van der Waals surface area contributed by atoms with E-state index in [9.17, 15) is 0 Å². The van der Waals surface area contributed by atoms with Gasteiger partial charge in [-0.05, 0) is 49.5 Å².